The molecule has 0 aliphatic carbocycles. The lowest BCUT2D eigenvalue weighted by Crippen LogP contribution is -2.54. The van der Waals surface area contributed by atoms with Gasteiger partial charge in [-0.05, 0) is 53.4 Å². The number of carbonyl (C=O) groups excluding carboxylic acids is 2. The smallest absolute Gasteiger partial charge is 0.304 e. The van der Waals surface area contributed by atoms with Crippen LogP contribution < -0.4 is 9.62 Å². The van der Waals surface area contributed by atoms with Crippen LogP contribution in [0.15, 0.2) is 78.9 Å². The zero-order chi connectivity index (χ0) is 30.2. The predicted molar refractivity (Wildman–Crippen MR) is 155 cm³/mol. The van der Waals surface area contributed by atoms with Crippen molar-refractivity contribution in [1.29, 1.82) is 0 Å². The summed E-state index contributed by atoms with van der Waals surface area (Å²) in [5, 5.41) is 2.90. The molecule has 41 heavy (non-hydrogen) atoms. The number of anilines is 1. The Morgan fingerprint density at radius 2 is 1.39 bits per heavy atom. The minimum atomic E-state index is -4.19. The van der Waals surface area contributed by atoms with Crippen molar-refractivity contribution in [2.75, 3.05) is 31.5 Å². The third-order valence-electron chi connectivity index (χ3n) is 6.36. The molecule has 3 rings (SSSR count). The van der Waals surface area contributed by atoms with Crippen LogP contribution in [0.2, 0.25) is 0 Å². The average Bonchev–Trinajstić information content (AvgIpc) is 2.94. The highest BCUT2D eigenvalue weighted by Crippen LogP contribution is 2.22. The molecule has 3 aromatic carbocycles. The molecule has 0 aliphatic heterocycles. The molecule has 0 bridgehead atoms. The number of hydrogen-bond donors (Lipinski definition) is 1. The van der Waals surface area contributed by atoms with Crippen LogP contribution >= 0.6 is 0 Å². The summed E-state index contributed by atoms with van der Waals surface area (Å²) in [6, 6.07) is 18.4. The SMILES string of the molecule is CC(C)CNC(=O)[C@H](Cc1ccccc1)N(Cc1ccc(F)cc1)C(=O)CN(c1ccc(F)cc1)S(=O)(=O)N(C)C. The van der Waals surface area contributed by atoms with Gasteiger partial charge in [0.25, 0.3) is 0 Å². The molecule has 0 fully saturated rings. The van der Waals surface area contributed by atoms with Crippen molar-refractivity contribution < 1.29 is 26.8 Å². The van der Waals surface area contributed by atoms with Crippen molar-refractivity contribution in [3.63, 3.8) is 0 Å². The predicted octanol–water partition coefficient (Wildman–Crippen LogP) is 3.99. The van der Waals surface area contributed by atoms with Gasteiger partial charge in [0.1, 0.15) is 24.2 Å². The van der Waals surface area contributed by atoms with Crippen LogP contribution in [-0.4, -0.2) is 62.7 Å². The Balaban J connectivity index is 2.07. The Morgan fingerprint density at radius 3 is 1.93 bits per heavy atom. The number of hydrogen-bond acceptors (Lipinski definition) is 4. The van der Waals surface area contributed by atoms with Crippen LogP contribution in [0.25, 0.3) is 0 Å². The first-order valence-corrected chi connectivity index (χ1v) is 14.6. The van der Waals surface area contributed by atoms with Crippen molar-refractivity contribution in [3.05, 3.63) is 102 Å². The summed E-state index contributed by atoms with van der Waals surface area (Å²) in [4.78, 5) is 29.0. The summed E-state index contributed by atoms with van der Waals surface area (Å²) in [7, 11) is -1.54. The topological polar surface area (TPSA) is 90.0 Å². The second-order valence-corrected chi connectivity index (χ2v) is 12.3. The van der Waals surface area contributed by atoms with E-state index in [0.717, 1.165) is 26.3 Å². The number of carbonyl (C=O) groups is 2. The third-order valence-corrected chi connectivity index (χ3v) is 8.18. The Bertz CT molecular complexity index is 1400. The van der Waals surface area contributed by atoms with Gasteiger partial charge in [-0.1, -0.05) is 56.3 Å². The lowest BCUT2D eigenvalue weighted by Gasteiger charge is -2.34. The summed E-state index contributed by atoms with van der Waals surface area (Å²) in [6.45, 7) is 3.53. The van der Waals surface area contributed by atoms with Gasteiger partial charge in [-0.2, -0.15) is 12.7 Å². The standard InChI is InChI=1S/C30H36F2N4O4S/c1-22(2)19-33-30(38)28(18-23-8-6-5-7-9-23)35(20-24-10-12-25(31)13-11-24)29(37)21-36(41(39,40)34(3)4)27-16-14-26(32)15-17-27/h5-17,22,28H,18-21H2,1-4H3,(H,33,38)/t28-/m0/s1. The molecule has 0 saturated carbocycles. The molecule has 0 spiro atoms. The second-order valence-electron chi connectivity index (χ2n) is 10.3. The fourth-order valence-corrected chi connectivity index (χ4v) is 5.14. The third kappa shape index (κ3) is 8.83. The Morgan fingerprint density at radius 1 is 0.829 bits per heavy atom. The van der Waals surface area contributed by atoms with Crippen molar-refractivity contribution in [2.45, 2.75) is 32.9 Å². The zero-order valence-corrected chi connectivity index (χ0v) is 24.4. The molecule has 220 valence electrons. The highest BCUT2D eigenvalue weighted by molar-refractivity contribution is 7.90. The number of amides is 2. The molecule has 3 aromatic rings. The molecule has 8 nitrogen and oxygen atoms in total. The van der Waals surface area contributed by atoms with Crippen LogP contribution in [-0.2, 0) is 32.8 Å². The first-order valence-electron chi connectivity index (χ1n) is 13.2. The summed E-state index contributed by atoms with van der Waals surface area (Å²) in [5.74, 6) is -1.94. The van der Waals surface area contributed by atoms with Crippen LogP contribution in [0.3, 0.4) is 0 Å². The van der Waals surface area contributed by atoms with E-state index < -0.39 is 46.2 Å². The number of halogens is 2. The van der Waals surface area contributed by atoms with Gasteiger partial charge in [0.05, 0.1) is 5.69 Å². The summed E-state index contributed by atoms with van der Waals surface area (Å²) in [6.07, 6.45) is 0.161. The zero-order valence-electron chi connectivity index (χ0n) is 23.6. The largest absolute Gasteiger partial charge is 0.354 e. The van der Waals surface area contributed by atoms with Crippen LogP contribution in [0.4, 0.5) is 14.5 Å². The lowest BCUT2D eigenvalue weighted by atomic mass is 10.0. The molecule has 0 saturated heterocycles. The van der Waals surface area contributed by atoms with E-state index >= 15 is 0 Å². The highest BCUT2D eigenvalue weighted by Gasteiger charge is 2.34. The first kappa shape index (κ1) is 31.7. The van der Waals surface area contributed by atoms with E-state index in [1.807, 2.05) is 44.2 Å². The number of benzene rings is 3. The molecule has 11 heteroatoms. The molecule has 0 heterocycles. The summed E-state index contributed by atoms with van der Waals surface area (Å²) < 4.78 is 55.8. The first-order chi connectivity index (χ1) is 19.4. The molecular formula is C30H36F2N4O4S. The average molecular weight is 587 g/mol. The molecule has 0 radical (unpaired) electrons. The molecule has 0 unspecified atom stereocenters. The number of nitrogens with one attached hydrogen (secondary N) is 1. The van der Waals surface area contributed by atoms with Crippen LogP contribution in [0, 0.1) is 17.6 Å². The molecule has 1 N–H and O–H groups in total. The lowest BCUT2D eigenvalue weighted by molar-refractivity contribution is -0.140. The maximum Gasteiger partial charge on any atom is 0.304 e. The second kappa shape index (κ2) is 14.2. The molecule has 1 atom stereocenters. The van der Waals surface area contributed by atoms with Gasteiger partial charge < -0.3 is 10.2 Å². The summed E-state index contributed by atoms with van der Waals surface area (Å²) in [5.41, 5.74) is 1.43. The molecular weight excluding hydrogens is 550 g/mol. The monoisotopic (exact) mass is 586 g/mol. The van der Waals surface area contributed by atoms with Crippen LogP contribution in [0.5, 0.6) is 0 Å². The fraction of sp³-hybridized carbons (Fsp3) is 0.333. The Labute approximate surface area is 240 Å². The normalized spacial score (nSPS) is 12.3. The minimum absolute atomic E-state index is 0.0784. The van der Waals surface area contributed by atoms with Gasteiger partial charge in [0.15, 0.2) is 0 Å². The van der Waals surface area contributed by atoms with E-state index in [2.05, 4.69) is 5.32 Å². The van der Waals surface area contributed by atoms with Crippen molar-refractivity contribution in [2.24, 2.45) is 5.92 Å². The van der Waals surface area contributed by atoms with E-state index in [0.29, 0.717) is 12.1 Å². The van der Waals surface area contributed by atoms with E-state index in [1.165, 1.54) is 55.4 Å². The van der Waals surface area contributed by atoms with Crippen molar-refractivity contribution >= 4 is 27.7 Å². The minimum Gasteiger partial charge on any atom is -0.354 e. The van der Waals surface area contributed by atoms with Gasteiger partial charge in [0, 0.05) is 33.6 Å². The van der Waals surface area contributed by atoms with Crippen molar-refractivity contribution in [1.82, 2.24) is 14.5 Å². The van der Waals surface area contributed by atoms with E-state index in [-0.39, 0.29) is 24.6 Å². The maximum atomic E-state index is 14.1. The number of rotatable bonds is 13. The van der Waals surface area contributed by atoms with Gasteiger partial charge >= 0.3 is 10.2 Å². The highest BCUT2D eigenvalue weighted by atomic mass is 32.2. The van der Waals surface area contributed by atoms with Crippen LogP contribution in [0.1, 0.15) is 25.0 Å². The van der Waals surface area contributed by atoms with E-state index in [9.17, 15) is 26.8 Å². The quantitative estimate of drug-likeness (QED) is 0.328. The van der Waals surface area contributed by atoms with Gasteiger partial charge in [-0.25, -0.2) is 13.1 Å². The Hall–Kier alpha value is -3.83. The Kier molecular flexibility index (Phi) is 11.0. The van der Waals surface area contributed by atoms with Gasteiger partial charge in [0.2, 0.25) is 11.8 Å². The van der Waals surface area contributed by atoms with E-state index in [1.54, 1.807) is 0 Å². The van der Waals surface area contributed by atoms with Crippen molar-refractivity contribution in [3.8, 4) is 0 Å². The molecule has 0 aliphatic rings. The molecule has 0 aromatic heterocycles. The van der Waals surface area contributed by atoms with Gasteiger partial charge in [-0.3, -0.25) is 9.59 Å². The number of nitrogens with zero attached hydrogens (tertiary/aromatic N) is 3. The van der Waals surface area contributed by atoms with Gasteiger partial charge in [-0.15, -0.1) is 0 Å². The fourth-order valence-electron chi connectivity index (χ4n) is 4.09. The maximum absolute atomic E-state index is 14.1. The summed E-state index contributed by atoms with van der Waals surface area (Å²) >= 11 is 0. The molecule has 2 amide bonds. The van der Waals surface area contributed by atoms with E-state index in [4.69, 9.17) is 0 Å².